The van der Waals surface area contributed by atoms with Crippen LogP contribution in [0.4, 0.5) is 0 Å². The Labute approximate surface area is 136 Å². The Balaban J connectivity index is 2.31. The van der Waals surface area contributed by atoms with Crippen molar-refractivity contribution in [3.63, 3.8) is 0 Å². The molecule has 1 aromatic rings. The SMILES string of the molecule is COc1cc(CCl)cc(Cl)c1OC1CC(C)(C)OC1(C)C. The summed E-state index contributed by atoms with van der Waals surface area (Å²) in [6.07, 6.45) is 0.692. The number of benzene rings is 1. The summed E-state index contributed by atoms with van der Waals surface area (Å²) in [5.41, 5.74) is 0.292. The summed E-state index contributed by atoms with van der Waals surface area (Å²) in [5.74, 6) is 1.52. The predicted octanol–water partition coefficient (Wildman–Crippen LogP) is 4.81. The molecule has 3 nitrogen and oxygen atoms in total. The maximum Gasteiger partial charge on any atom is 0.180 e. The van der Waals surface area contributed by atoms with Crippen molar-refractivity contribution in [2.24, 2.45) is 0 Å². The summed E-state index contributed by atoms with van der Waals surface area (Å²) in [4.78, 5) is 0. The Kier molecular flexibility index (Phi) is 4.67. The Morgan fingerprint density at radius 1 is 1.29 bits per heavy atom. The molecule has 21 heavy (non-hydrogen) atoms. The highest BCUT2D eigenvalue weighted by Crippen LogP contribution is 2.44. The van der Waals surface area contributed by atoms with Crippen LogP contribution in [0.2, 0.25) is 5.02 Å². The quantitative estimate of drug-likeness (QED) is 0.740. The van der Waals surface area contributed by atoms with E-state index < -0.39 is 0 Å². The zero-order valence-corrected chi connectivity index (χ0v) is 14.6. The molecule has 0 amide bonds. The molecule has 0 saturated carbocycles. The van der Waals surface area contributed by atoms with E-state index in [9.17, 15) is 0 Å². The van der Waals surface area contributed by atoms with E-state index in [4.69, 9.17) is 37.4 Å². The molecule has 0 aromatic heterocycles. The molecular formula is C16H22Cl2O3. The largest absolute Gasteiger partial charge is 0.493 e. The van der Waals surface area contributed by atoms with Crippen molar-refractivity contribution in [2.45, 2.75) is 57.3 Å². The second kappa shape index (κ2) is 5.86. The highest BCUT2D eigenvalue weighted by molar-refractivity contribution is 6.32. The van der Waals surface area contributed by atoms with Gasteiger partial charge in [0.25, 0.3) is 0 Å². The average Bonchev–Trinajstić information content (AvgIpc) is 2.59. The Hall–Kier alpha value is -0.640. The van der Waals surface area contributed by atoms with Gasteiger partial charge >= 0.3 is 0 Å². The summed E-state index contributed by atoms with van der Waals surface area (Å²) in [7, 11) is 1.59. The van der Waals surface area contributed by atoms with Gasteiger partial charge in [-0.05, 0) is 45.4 Å². The minimum Gasteiger partial charge on any atom is -0.493 e. The number of halogens is 2. The number of alkyl halides is 1. The molecule has 0 radical (unpaired) electrons. The van der Waals surface area contributed by atoms with Crippen LogP contribution in [0.5, 0.6) is 11.5 Å². The van der Waals surface area contributed by atoms with Crippen LogP contribution in [0.3, 0.4) is 0 Å². The van der Waals surface area contributed by atoms with Gasteiger partial charge in [-0.25, -0.2) is 0 Å². The third-order valence-corrected chi connectivity index (χ3v) is 4.28. The predicted molar refractivity (Wildman–Crippen MR) is 85.8 cm³/mol. The first-order valence-corrected chi connectivity index (χ1v) is 7.89. The number of hydrogen-bond acceptors (Lipinski definition) is 3. The zero-order valence-electron chi connectivity index (χ0n) is 13.1. The van der Waals surface area contributed by atoms with Crippen LogP contribution in [-0.2, 0) is 10.6 Å². The van der Waals surface area contributed by atoms with Crippen molar-refractivity contribution in [3.8, 4) is 11.5 Å². The fourth-order valence-electron chi connectivity index (χ4n) is 2.80. The third kappa shape index (κ3) is 3.58. The Morgan fingerprint density at radius 2 is 1.95 bits per heavy atom. The normalized spacial score (nSPS) is 23.1. The smallest absolute Gasteiger partial charge is 0.180 e. The fraction of sp³-hybridized carbons (Fsp3) is 0.625. The van der Waals surface area contributed by atoms with Gasteiger partial charge in [0.15, 0.2) is 11.5 Å². The van der Waals surface area contributed by atoms with E-state index in [0.29, 0.717) is 22.4 Å². The van der Waals surface area contributed by atoms with Crippen LogP contribution in [0.15, 0.2) is 12.1 Å². The van der Waals surface area contributed by atoms with Crippen molar-refractivity contribution >= 4 is 23.2 Å². The van der Waals surface area contributed by atoms with E-state index in [1.165, 1.54) is 0 Å². The van der Waals surface area contributed by atoms with Gasteiger partial charge in [0.2, 0.25) is 0 Å². The maximum atomic E-state index is 6.33. The minimum atomic E-state index is -0.386. The molecule has 0 spiro atoms. The van der Waals surface area contributed by atoms with Crippen molar-refractivity contribution < 1.29 is 14.2 Å². The molecule has 1 aliphatic rings. The number of methoxy groups -OCH3 is 1. The molecule has 1 atom stereocenters. The van der Waals surface area contributed by atoms with Crippen LogP contribution in [0, 0.1) is 0 Å². The van der Waals surface area contributed by atoms with Crippen molar-refractivity contribution in [1.29, 1.82) is 0 Å². The highest BCUT2D eigenvalue weighted by atomic mass is 35.5. The van der Waals surface area contributed by atoms with E-state index in [1.807, 2.05) is 19.9 Å². The lowest BCUT2D eigenvalue weighted by Crippen LogP contribution is -2.36. The molecule has 1 fully saturated rings. The van der Waals surface area contributed by atoms with Gasteiger partial charge in [-0.3, -0.25) is 0 Å². The van der Waals surface area contributed by atoms with Gasteiger partial charge in [-0.15, -0.1) is 11.6 Å². The standard InChI is InChI=1S/C16H22Cl2O3/c1-15(2)8-13(16(3,4)21-15)20-14-11(18)6-10(9-17)7-12(14)19-5/h6-7,13H,8-9H2,1-5H3. The van der Waals surface area contributed by atoms with Crippen molar-refractivity contribution in [2.75, 3.05) is 7.11 Å². The van der Waals surface area contributed by atoms with Crippen LogP contribution in [0.25, 0.3) is 0 Å². The summed E-state index contributed by atoms with van der Waals surface area (Å²) in [6.45, 7) is 8.18. The first-order chi connectivity index (χ1) is 9.68. The van der Waals surface area contributed by atoms with E-state index in [1.54, 1.807) is 13.2 Å². The number of ether oxygens (including phenoxy) is 3. The monoisotopic (exact) mass is 332 g/mol. The molecule has 0 aliphatic carbocycles. The van der Waals surface area contributed by atoms with Gasteiger partial charge in [0.1, 0.15) is 11.7 Å². The number of hydrogen-bond donors (Lipinski definition) is 0. The van der Waals surface area contributed by atoms with Gasteiger partial charge < -0.3 is 14.2 Å². The second-order valence-corrected chi connectivity index (χ2v) is 7.19. The van der Waals surface area contributed by atoms with E-state index in [-0.39, 0.29) is 17.3 Å². The first kappa shape index (κ1) is 16.7. The molecule has 1 saturated heterocycles. The lowest BCUT2D eigenvalue weighted by Gasteiger charge is -2.28. The lowest BCUT2D eigenvalue weighted by atomic mass is 9.97. The summed E-state index contributed by atoms with van der Waals surface area (Å²) in [5, 5.41) is 0.505. The van der Waals surface area contributed by atoms with E-state index in [0.717, 1.165) is 12.0 Å². The Bertz CT molecular complexity index is 526. The van der Waals surface area contributed by atoms with Crippen molar-refractivity contribution in [3.05, 3.63) is 22.7 Å². The maximum absolute atomic E-state index is 6.33. The van der Waals surface area contributed by atoms with Crippen LogP contribution in [-0.4, -0.2) is 24.4 Å². The first-order valence-electron chi connectivity index (χ1n) is 6.98. The van der Waals surface area contributed by atoms with Crippen molar-refractivity contribution in [1.82, 2.24) is 0 Å². The van der Waals surface area contributed by atoms with Crippen LogP contribution < -0.4 is 9.47 Å². The molecule has 1 heterocycles. The molecule has 1 unspecified atom stereocenters. The van der Waals surface area contributed by atoms with Gasteiger partial charge in [0.05, 0.1) is 17.7 Å². The third-order valence-electron chi connectivity index (χ3n) is 3.70. The van der Waals surface area contributed by atoms with E-state index >= 15 is 0 Å². The molecule has 2 rings (SSSR count). The summed E-state index contributed by atoms with van der Waals surface area (Å²) >= 11 is 12.2. The van der Waals surface area contributed by atoms with Crippen LogP contribution in [0.1, 0.15) is 39.7 Å². The zero-order chi connectivity index (χ0) is 15.8. The second-order valence-electron chi connectivity index (χ2n) is 6.52. The average molecular weight is 333 g/mol. The Morgan fingerprint density at radius 3 is 2.43 bits per heavy atom. The molecule has 1 aliphatic heterocycles. The molecular weight excluding hydrogens is 311 g/mol. The summed E-state index contributed by atoms with van der Waals surface area (Å²) in [6, 6.07) is 3.66. The van der Waals surface area contributed by atoms with E-state index in [2.05, 4.69) is 13.8 Å². The van der Waals surface area contributed by atoms with Gasteiger partial charge in [-0.1, -0.05) is 11.6 Å². The molecule has 0 bridgehead atoms. The minimum absolute atomic E-state index is 0.0965. The van der Waals surface area contributed by atoms with Gasteiger partial charge in [-0.2, -0.15) is 0 Å². The highest BCUT2D eigenvalue weighted by Gasteiger charge is 2.47. The lowest BCUT2D eigenvalue weighted by molar-refractivity contribution is -0.0847. The molecule has 1 aromatic carbocycles. The molecule has 5 heteroatoms. The molecule has 0 N–H and O–H groups in total. The summed E-state index contributed by atoms with van der Waals surface area (Å²) < 4.78 is 17.6. The van der Waals surface area contributed by atoms with Gasteiger partial charge in [0, 0.05) is 12.3 Å². The molecule has 118 valence electrons. The topological polar surface area (TPSA) is 27.7 Å². The number of rotatable bonds is 4. The van der Waals surface area contributed by atoms with Crippen LogP contribution >= 0.6 is 23.2 Å². The fourth-order valence-corrected chi connectivity index (χ4v) is 3.23.